The molecule has 0 atom stereocenters. The summed E-state index contributed by atoms with van der Waals surface area (Å²) in [4.78, 5) is 26.3. The second kappa shape index (κ2) is 7.43. The van der Waals surface area contributed by atoms with Gasteiger partial charge in [0.25, 0.3) is 5.91 Å². The molecule has 0 radical (unpaired) electrons. The van der Waals surface area contributed by atoms with Gasteiger partial charge in [-0.3, -0.25) is 9.59 Å². The summed E-state index contributed by atoms with van der Waals surface area (Å²) in [6.45, 7) is 7.55. The summed E-state index contributed by atoms with van der Waals surface area (Å²) in [5.41, 5.74) is 1.73. The van der Waals surface area contributed by atoms with E-state index in [4.69, 9.17) is 0 Å². The van der Waals surface area contributed by atoms with E-state index in [1.807, 2.05) is 36.1 Å². The number of aryl methyl sites for hydroxylation is 1. The van der Waals surface area contributed by atoms with Gasteiger partial charge in [0.15, 0.2) is 0 Å². The van der Waals surface area contributed by atoms with Gasteiger partial charge in [-0.15, -0.1) is 0 Å². The van der Waals surface area contributed by atoms with Crippen LogP contribution >= 0.6 is 0 Å². The lowest BCUT2D eigenvalue weighted by molar-refractivity contribution is -0.133. The molecule has 0 unspecified atom stereocenters. The van der Waals surface area contributed by atoms with Gasteiger partial charge in [-0.25, -0.2) is 0 Å². The average molecular weight is 302 g/mol. The standard InChI is InChI=1S/C18H26N2O2/c1-13(2)12-17(21)20-10-8-15(9-11-20)19-18(22)16-7-5-4-6-14(16)3/h4-7,13,15H,8-12H2,1-3H3,(H,19,22). The van der Waals surface area contributed by atoms with Crippen LogP contribution in [0.2, 0.25) is 0 Å². The number of piperidine rings is 1. The molecular weight excluding hydrogens is 276 g/mol. The molecule has 1 aromatic rings. The summed E-state index contributed by atoms with van der Waals surface area (Å²) < 4.78 is 0. The van der Waals surface area contributed by atoms with Crippen LogP contribution in [0.25, 0.3) is 0 Å². The largest absolute Gasteiger partial charge is 0.349 e. The maximum atomic E-state index is 12.3. The summed E-state index contributed by atoms with van der Waals surface area (Å²) in [5, 5.41) is 3.10. The normalized spacial score (nSPS) is 15.9. The maximum absolute atomic E-state index is 12.3. The van der Waals surface area contributed by atoms with E-state index >= 15 is 0 Å². The molecule has 1 heterocycles. The molecule has 1 aromatic carbocycles. The van der Waals surface area contributed by atoms with E-state index in [-0.39, 0.29) is 17.9 Å². The molecule has 1 fully saturated rings. The lowest BCUT2D eigenvalue weighted by Gasteiger charge is -2.33. The van der Waals surface area contributed by atoms with Gasteiger partial charge in [-0.2, -0.15) is 0 Å². The fraction of sp³-hybridized carbons (Fsp3) is 0.556. The number of amides is 2. The molecule has 1 N–H and O–H groups in total. The van der Waals surface area contributed by atoms with Crippen molar-refractivity contribution in [2.45, 2.75) is 46.1 Å². The summed E-state index contributed by atoms with van der Waals surface area (Å²) in [5.74, 6) is 0.620. The van der Waals surface area contributed by atoms with Crippen LogP contribution < -0.4 is 5.32 Å². The molecular formula is C18H26N2O2. The molecule has 2 rings (SSSR count). The molecule has 2 amide bonds. The molecule has 0 aliphatic carbocycles. The highest BCUT2D eigenvalue weighted by Crippen LogP contribution is 2.15. The molecule has 1 saturated heterocycles. The Morgan fingerprint density at radius 2 is 1.86 bits per heavy atom. The zero-order valence-corrected chi connectivity index (χ0v) is 13.8. The summed E-state index contributed by atoms with van der Waals surface area (Å²) in [6.07, 6.45) is 2.28. The molecule has 0 spiro atoms. The minimum Gasteiger partial charge on any atom is -0.349 e. The van der Waals surface area contributed by atoms with E-state index in [0.29, 0.717) is 12.3 Å². The van der Waals surface area contributed by atoms with Gasteiger partial charge in [-0.05, 0) is 37.3 Å². The van der Waals surface area contributed by atoms with Crippen molar-refractivity contribution >= 4 is 11.8 Å². The van der Waals surface area contributed by atoms with E-state index < -0.39 is 0 Å². The molecule has 4 heteroatoms. The summed E-state index contributed by atoms with van der Waals surface area (Å²) >= 11 is 0. The summed E-state index contributed by atoms with van der Waals surface area (Å²) in [7, 11) is 0. The van der Waals surface area contributed by atoms with Crippen molar-refractivity contribution in [2.24, 2.45) is 5.92 Å². The molecule has 0 bridgehead atoms. The van der Waals surface area contributed by atoms with Crippen LogP contribution in [0.1, 0.15) is 49.0 Å². The van der Waals surface area contributed by atoms with Crippen molar-refractivity contribution in [1.82, 2.24) is 10.2 Å². The predicted molar refractivity (Wildman–Crippen MR) is 87.7 cm³/mol. The van der Waals surface area contributed by atoms with Crippen molar-refractivity contribution < 1.29 is 9.59 Å². The number of carbonyl (C=O) groups is 2. The fourth-order valence-electron chi connectivity index (χ4n) is 2.84. The van der Waals surface area contributed by atoms with Crippen molar-refractivity contribution in [1.29, 1.82) is 0 Å². The minimum absolute atomic E-state index is 0.00921. The molecule has 0 aromatic heterocycles. The number of nitrogens with one attached hydrogen (secondary N) is 1. The van der Waals surface area contributed by atoms with Gasteiger partial charge >= 0.3 is 0 Å². The van der Waals surface area contributed by atoms with E-state index in [1.165, 1.54) is 0 Å². The zero-order chi connectivity index (χ0) is 16.1. The van der Waals surface area contributed by atoms with E-state index in [1.54, 1.807) is 0 Å². The Labute approximate surface area is 132 Å². The van der Waals surface area contributed by atoms with Gasteiger partial charge in [0.05, 0.1) is 0 Å². The number of likely N-dealkylation sites (tertiary alicyclic amines) is 1. The van der Waals surface area contributed by atoms with Gasteiger partial charge in [0.2, 0.25) is 5.91 Å². The monoisotopic (exact) mass is 302 g/mol. The number of hydrogen-bond acceptors (Lipinski definition) is 2. The van der Waals surface area contributed by atoms with Crippen molar-refractivity contribution in [2.75, 3.05) is 13.1 Å². The predicted octanol–water partition coefficient (Wildman–Crippen LogP) is 2.76. The van der Waals surface area contributed by atoms with E-state index in [2.05, 4.69) is 19.2 Å². The Kier molecular flexibility index (Phi) is 5.58. The minimum atomic E-state index is -0.00921. The smallest absolute Gasteiger partial charge is 0.251 e. The fourth-order valence-corrected chi connectivity index (χ4v) is 2.84. The van der Waals surface area contributed by atoms with Crippen LogP contribution in [0, 0.1) is 12.8 Å². The molecule has 0 saturated carbocycles. The Balaban J connectivity index is 1.84. The number of carbonyl (C=O) groups excluding carboxylic acids is 2. The lowest BCUT2D eigenvalue weighted by atomic mass is 10.0. The van der Waals surface area contributed by atoms with Gasteiger partial charge in [0.1, 0.15) is 0 Å². The Hall–Kier alpha value is -1.84. The Morgan fingerprint density at radius 3 is 2.45 bits per heavy atom. The van der Waals surface area contributed by atoms with Crippen LogP contribution in [0.4, 0.5) is 0 Å². The Morgan fingerprint density at radius 1 is 1.23 bits per heavy atom. The second-order valence-corrected chi connectivity index (χ2v) is 6.54. The van der Waals surface area contributed by atoms with Crippen molar-refractivity contribution in [3.63, 3.8) is 0 Å². The van der Waals surface area contributed by atoms with E-state index in [0.717, 1.165) is 37.1 Å². The van der Waals surface area contributed by atoms with E-state index in [9.17, 15) is 9.59 Å². The van der Waals surface area contributed by atoms with Crippen LogP contribution in [-0.2, 0) is 4.79 Å². The van der Waals surface area contributed by atoms with Crippen LogP contribution in [0.3, 0.4) is 0 Å². The van der Waals surface area contributed by atoms with Crippen molar-refractivity contribution in [3.8, 4) is 0 Å². The first kappa shape index (κ1) is 16.5. The van der Waals surface area contributed by atoms with Crippen molar-refractivity contribution in [3.05, 3.63) is 35.4 Å². The van der Waals surface area contributed by atoms with Crippen LogP contribution in [0.5, 0.6) is 0 Å². The second-order valence-electron chi connectivity index (χ2n) is 6.54. The molecule has 1 aliphatic heterocycles. The summed E-state index contributed by atoms with van der Waals surface area (Å²) in [6, 6.07) is 7.78. The van der Waals surface area contributed by atoms with Gasteiger partial charge in [0, 0.05) is 31.1 Å². The third-order valence-corrected chi connectivity index (χ3v) is 4.16. The highest BCUT2D eigenvalue weighted by molar-refractivity contribution is 5.95. The number of rotatable bonds is 4. The van der Waals surface area contributed by atoms with Crippen LogP contribution in [0.15, 0.2) is 24.3 Å². The first-order valence-corrected chi connectivity index (χ1v) is 8.11. The van der Waals surface area contributed by atoms with Crippen LogP contribution in [-0.4, -0.2) is 35.8 Å². The topological polar surface area (TPSA) is 49.4 Å². The SMILES string of the molecule is Cc1ccccc1C(=O)NC1CCN(C(=O)CC(C)C)CC1. The highest BCUT2D eigenvalue weighted by atomic mass is 16.2. The lowest BCUT2D eigenvalue weighted by Crippen LogP contribution is -2.46. The third kappa shape index (κ3) is 4.33. The molecule has 4 nitrogen and oxygen atoms in total. The Bertz CT molecular complexity index is 532. The molecule has 22 heavy (non-hydrogen) atoms. The number of hydrogen-bond donors (Lipinski definition) is 1. The maximum Gasteiger partial charge on any atom is 0.251 e. The quantitative estimate of drug-likeness (QED) is 0.929. The highest BCUT2D eigenvalue weighted by Gasteiger charge is 2.24. The first-order valence-electron chi connectivity index (χ1n) is 8.11. The molecule has 1 aliphatic rings. The first-order chi connectivity index (χ1) is 10.5. The number of nitrogens with zero attached hydrogens (tertiary/aromatic N) is 1. The van der Waals surface area contributed by atoms with Gasteiger partial charge < -0.3 is 10.2 Å². The average Bonchev–Trinajstić information content (AvgIpc) is 2.47. The van der Waals surface area contributed by atoms with Gasteiger partial charge in [-0.1, -0.05) is 32.0 Å². The third-order valence-electron chi connectivity index (χ3n) is 4.16. The number of benzene rings is 1. The zero-order valence-electron chi connectivity index (χ0n) is 13.8. The molecule has 120 valence electrons.